The van der Waals surface area contributed by atoms with Crippen molar-refractivity contribution in [2.45, 2.75) is 32.4 Å². The van der Waals surface area contributed by atoms with E-state index in [2.05, 4.69) is 15.6 Å². The van der Waals surface area contributed by atoms with Gasteiger partial charge < -0.3 is 15.4 Å². The Hall–Kier alpha value is -3.62. The van der Waals surface area contributed by atoms with Crippen molar-refractivity contribution in [2.24, 2.45) is 0 Å². The van der Waals surface area contributed by atoms with Gasteiger partial charge in [-0.25, -0.2) is 9.37 Å². The molecule has 174 valence electrons. The number of ether oxygens (including phenoxy) is 1. The molecule has 0 radical (unpaired) electrons. The van der Waals surface area contributed by atoms with E-state index in [0.29, 0.717) is 29.2 Å². The number of anilines is 3. The van der Waals surface area contributed by atoms with Crippen LogP contribution in [0.4, 0.5) is 34.6 Å². The van der Waals surface area contributed by atoms with Crippen LogP contribution in [-0.2, 0) is 6.18 Å². The smallest absolute Gasteiger partial charge is 0.416 e. The second kappa shape index (κ2) is 9.89. The molecule has 0 spiro atoms. The molecule has 0 aliphatic carbocycles. The summed E-state index contributed by atoms with van der Waals surface area (Å²) in [4.78, 5) is 16.9. The summed E-state index contributed by atoms with van der Waals surface area (Å²) < 4.78 is 58.9. The van der Waals surface area contributed by atoms with Crippen molar-refractivity contribution < 1.29 is 27.1 Å². The molecule has 2 N–H and O–H groups in total. The predicted octanol–water partition coefficient (Wildman–Crippen LogP) is 6.76. The number of rotatable bonds is 7. The normalized spacial score (nSPS) is 12.2. The number of methoxy groups -OCH3 is 1. The highest BCUT2D eigenvalue weighted by atomic mass is 19.4. The zero-order chi connectivity index (χ0) is 24.2. The number of alkyl halides is 3. The first kappa shape index (κ1) is 24.0. The van der Waals surface area contributed by atoms with Crippen LogP contribution in [0.15, 0.2) is 54.7 Å². The van der Waals surface area contributed by atoms with E-state index in [0.717, 1.165) is 18.2 Å². The highest BCUT2D eigenvalue weighted by Gasteiger charge is 2.31. The van der Waals surface area contributed by atoms with Gasteiger partial charge in [-0.05, 0) is 60.4 Å². The number of halogens is 4. The molecular weight excluding hydrogens is 438 g/mol. The minimum absolute atomic E-state index is 0.0155. The molecule has 0 saturated heterocycles. The van der Waals surface area contributed by atoms with Crippen LogP contribution >= 0.6 is 0 Å². The average Bonchev–Trinajstić information content (AvgIpc) is 2.79. The largest absolute Gasteiger partial charge is 0.481 e. The van der Waals surface area contributed by atoms with E-state index in [9.17, 15) is 22.4 Å². The summed E-state index contributed by atoms with van der Waals surface area (Å²) in [5.41, 5.74) is 0.373. The first-order valence-corrected chi connectivity index (χ1v) is 10.2. The molecule has 0 aliphatic heterocycles. The van der Waals surface area contributed by atoms with E-state index in [1.807, 2.05) is 13.8 Å². The lowest BCUT2D eigenvalue weighted by molar-refractivity contribution is -0.137. The Morgan fingerprint density at radius 1 is 1.09 bits per heavy atom. The topological polar surface area (TPSA) is 63.2 Å². The van der Waals surface area contributed by atoms with Crippen molar-refractivity contribution in [2.75, 3.05) is 17.7 Å². The summed E-state index contributed by atoms with van der Waals surface area (Å²) in [7, 11) is 1.45. The number of carbonyl (C=O) groups is 1. The van der Waals surface area contributed by atoms with Crippen LogP contribution in [-0.4, -0.2) is 18.0 Å². The van der Waals surface area contributed by atoms with Crippen LogP contribution in [0.2, 0.25) is 0 Å². The lowest BCUT2D eigenvalue weighted by Gasteiger charge is -2.19. The van der Waals surface area contributed by atoms with Crippen molar-refractivity contribution in [1.29, 1.82) is 0 Å². The monoisotopic (exact) mass is 461 g/mol. The third-order valence-electron chi connectivity index (χ3n) is 5.22. The third kappa shape index (κ3) is 5.79. The molecule has 0 saturated carbocycles. The van der Waals surface area contributed by atoms with Crippen LogP contribution in [0, 0.1) is 5.82 Å². The predicted molar refractivity (Wildman–Crippen MR) is 119 cm³/mol. The Labute approximate surface area is 188 Å². The molecule has 1 heterocycles. The van der Waals surface area contributed by atoms with Crippen molar-refractivity contribution >= 4 is 23.0 Å². The lowest BCUT2D eigenvalue weighted by atomic mass is 9.96. The Balaban J connectivity index is 2.01. The number of nitrogens with zero attached hydrogens (tertiary/aromatic N) is 1. The summed E-state index contributed by atoms with van der Waals surface area (Å²) in [5.74, 6) is -0.800. The number of benzene rings is 2. The third-order valence-corrected chi connectivity index (χ3v) is 5.22. The van der Waals surface area contributed by atoms with Gasteiger partial charge in [0.1, 0.15) is 5.82 Å². The van der Waals surface area contributed by atoms with E-state index in [4.69, 9.17) is 4.74 Å². The number of aromatic nitrogens is 1. The Bertz CT molecular complexity index is 1130. The van der Waals surface area contributed by atoms with Crippen molar-refractivity contribution in [3.63, 3.8) is 0 Å². The number of amides is 1. The summed E-state index contributed by atoms with van der Waals surface area (Å²) in [6.45, 7) is 3.81. The molecule has 3 aromatic rings. The maximum Gasteiger partial charge on any atom is 0.416 e. The van der Waals surface area contributed by atoms with Crippen LogP contribution < -0.4 is 15.4 Å². The van der Waals surface area contributed by atoms with Crippen LogP contribution in [0.3, 0.4) is 0 Å². The van der Waals surface area contributed by atoms with Gasteiger partial charge >= 0.3 is 6.18 Å². The molecule has 0 fully saturated rings. The zero-order valence-corrected chi connectivity index (χ0v) is 18.3. The van der Waals surface area contributed by atoms with E-state index in [-0.39, 0.29) is 17.2 Å². The van der Waals surface area contributed by atoms with Gasteiger partial charge in [0.15, 0.2) is 0 Å². The van der Waals surface area contributed by atoms with Gasteiger partial charge in [-0.3, -0.25) is 4.79 Å². The number of hydrogen-bond donors (Lipinski definition) is 2. The fourth-order valence-electron chi connectivity index (χ4n) is 3.22. The molecular formula is C24H23F4N3O2. The number of pyridine rings is 1. The summed E-state index contributed by atoms with van der Waals surface area (Å²) in [6, 6.07) is 9.91. The molecule has 1 aromatic heterocycles. The fraction of sp³-hybridized carbons (Fsp3) is 0.250. The van der Waals surface area contributed by atoms with Crippen molar-refractivity contribution in [1.82, 2.24) is 4.98 Å². The number of carbonyl (C=O) groups excluding carboxylic acids is 1. The molecule has 3 rings (SSSR count). The van der Waals surface area contributed by atoms with Gasteiger partial charge in [-0.2, -0.15) is 13.2 Å². The number of nitrogens with one attached hydrogen (secondary N) is 2. The first-order valence-electron chi connectivity index (χ1n) is 10.2. The number of hydrogen-bond acceptors (Lipinski definition) is 4. The molecule has 33 heavy (non-hydrogen) atoms. The highest BCUT2D eigenvalue weighted by Crippen LogP contribution is 2.36. The van der Waals surface area contributed by atoms with Gasteiger partial charge in [0.25, 0.3) is 5.91 Å². The molecule has 0 aliphatic rings. The molecule has 5 nitrogen and oxygen atoms in total. The summed E-state index contributed by atoms with van der Waals surface area (Å²) in [5, 5.41) is 5.53. The second-order valence-electron chi connectivity index (χ2n) is 7.47. The van der Waals surface area contributed by atoms with E-state index in [1.165, 1.54) is 31.5 Å². The lowest BCUT2D eigenvalue weighted by Crippen LogP contribution is -2.16. The van der Waals surface area contributed by atoms with Gasteiger partial charge in [-0.1, -0.05) is 13.8 Å². The molecule has 2 aromatic carbocycles. The van der Waals surface area contributed by atoms with Gasteiger partial charge in [-0.15, -0.1) is 0 Å². The minimum atomic E-state index is -4.60. The maximum atomic E-state index is 13.9. The zero-order valence-electron chi connectivity index (χ0n) is 18.3. The quantitative estimate of drug-likeness (QED) is 0.382. The van der Waals surface area contributed by atoms with Gasteiger partial charge in [0, 0.05) is 11.8 Å². The Kier molecular flexibility index (Phi) is 7.20. The van der Waals surface area contributed by atoms with E-state index < -0.39 is 23.5 Å². The van der Waals surface area contributed by atoms with Crippen LogP contribution in [0.25, 0.3) is 0 Å². The van der Waals surface area contributed by atoms with Crippen LogP contribution in [0.1, 0.15) is 47.7 Å². The summed E-state index contributed by atoms with van der Waals surface area (Å²) >= 11 is 0. The van der Waals surface area contributed by atoms with Crippen molar-refractivity contribution in [3.8, 4) is 5.88 Å². The Morgan fingerprint density at radius 3 is 2.45 bits per heavy atom. The van der Waals surface area contributed by atoms with Gasteiger partial charge in [0.05, 0.1) is 35.8 Å². The average molecular weight is 461 g/mol. The van der Waals surface area contributed by atoms with Gasteiger partial charge in [0.2, 0.25) is 5.88 Å². The van der Waals surface area contributed by atoms with Crippen molar-refractivity contribution in [3.05, 3.63) is 77.2 Å². The molecule has 1 amide bonds. The Morgan fingerprint density at radius 2 is 1.85 bits per heavy atom. The minimum Gasteiger partial charge on any atom is -0.481 e. The molecule has 1 atom stereocenters. The van der Waals surface area contributed by atoms with E-state index in [1.54, 1.807) is 12.1 Å². The summed E-state index contributed by atoms with van der Waals surface area (Å²) in [6.07, 6.45) is -2.54. The highest BCUT2D eigenvalue weighted by molar-refractivity contribution is 6.08. The van der Waals surface area contributed by atoms with E-state index >= 15 is 0 Å². The standard InChI is InChI=1S/C24H23F4N3O2/c1-4-14(2)19-12-16(25)6-9-20(19)31-21-11-15(24(26,27)28)5-8-18(21)23(32)30-17-7-10-22(33-3)29-13-17/h5-14,31H,4H2,1-3H3,(H,30,32). The maximum absolute atomic E-state index is 13.9. The first-order chi connectivity index (χ1) is 15.6. The SMILES string of the molecule is CCC(C)c1cc(F)ccc1Nc1cc(C(F)(F)F)ccc1C(=O)Nc1ccc(OC)nc1. The second-order valence-corrected chi connectivity index (χ2v) is 7.47. The molecule has 0 bridgehead atoms. The molecule has 1 unspecified atom stereocenters. The molecule has 9 heteroatoms. The van der Waals surface area contributed by atoms with Crippen LogP contribution in [0.5, 0.6) is 5.88 Å². The fourth-order valence-corrected chi connectivity index (χ4v) is 3.22.